The number of unbranched alkanes of at least 4 members (excludes halogenated alkanes) is 36. The number of carbonyl (C=O) groups is 2. The van der Waals surface area contributed by atoms with Crippen molar-refractivity contribution in [1.29, 1.82) is 0 Å². The first-order chi connectivity index (χ1) is 31.5. The molecule has 1 unspecified atom stereocenters. The summed E-state index contributed by atoms with van der Waals surface area (Å²) < 4.78 is 34.1. The number of nitrogens with zero attached hydrogens (tertiary/aromatic N) is 1. The van der Waals surface area contributed by atoms with Gasteiger partial charge in [0.25, 0.3) is 7.82 Å². The topological polar surface area (TPSA) is 111 Å². The van der Waals surface area contributed by atoms with Crippen molar-refractivity contribution >= 4 is 19.8 Å². The summed E-state index contributed by atoms with van der Waals surface area (Å²) in [4.78, 5) is 37.8. The summed E-state index contributed by atoms with van der Waals surface area (Å²) in [5.74, 6) is -0.816. The number of hydrogen-bond acceptors (Lipinski definition) is 8. The summed E-state index contributed by atoms with van der Waals surface area (Å²) in [5, 5.41) is 0. The van der Waals surface area contributed by atoms with Crippen molar-refractivity contribution in [3.63, 3.8) is 0 Å². The molecule has 10 heteroatoms. The Morgan fingerprint density at radius 3 is 1.14 bits per heavy atom. The number of ether oxygens (including phenoxy) is 2. The smallest absolute Gasteiger partial charge is 0.306 e. The second-order valence-corrected chi connectivity index (χ2v) is 21.7. The summed E-state index contributed by atoms with van der Waals surface area (Å²) in [6.07, 6.45) is 53.9. The third kappa shape index (κ3) is 52.0. The Morgan fingerprint density at radius 1 is 0.462 bits per heavy atom. The molecule has 0 aliphatic carbocycles. The zero-order chi connectivity index (χ0) is 47.8. The van der Waals surface area contributed by atoms with Crippen LogP contribution < -0.4 is 4.89 Å². The Morgan fingerprint density at radius 2 is 0.785 bits per heavy atom. The van der Waals surface area contributed by atoms with Crippen LogP contribution in [0, 0.1) is 0 Å². The van der Waals surface area contributed by atoms with Crippen molar-refractivity contribution < 1.29 is 42.1 Å². The molecular formula is C55H108NO8P. The van der Waals surface area contributed by atoms with E-state index in [1.54, 1.807) is 0 Å². The van der Waals surface area contributed by atoms with Crippen molar-refractivity contribution in [2.45, 2.75) is 283 Å². The molecule has 0 N–H and O–H groups in total. The minimum Gasteiger partial charge on any atom is -0.756 e. The van der Waals surface area contributed by atoms with Gasteiger partial charge in [0, 0.05) is 12.8 Å². The largest absolute Gasteiger partial charge is 0.756 e. The highest BCUT2D eigenvalue weighted by Gasteiger charge is 2.22. The van der Waals surface area contributed by atoms with E-state index in [-0.39, 0.29) is 32.0 Å². The molecule has 0 radical (unpaired) electrons. The van der Waals surface area contributed by atoms with Crippen molar-refractivity contribution in [3.8, 4) is 0 Å². The molecule has 0 rings (SSSR count). The Balaban J connectivity index is 4.16. The number of allylic oxidation sites excluding steroid dienone is 2. The van der Waals surface area contributed by atoms with Crippen molar-refractivity contribution in [3.05, 3.63) is 12.2 Å². The SMILES string of the molecule is CCCCCCCC/C=C/CCCCCCCCCCCCCC(=O)OC[C@H](COP(=O)([O-])OCC[N+](C)(C)C)OC(=O)CCCCCCCCCCCCCCCCCCCCCC. The number of likely N-dealkylation sites (N-methyl/N-ethyl adjacent to an activating group) is 1. The molecule has 2 atom stereocenters. The van der Waals surface area contributed by atoms with Crippen LogP contribution >= 0.6 is 7.82 Å². The van der Waals surface area contributed by atoms with Crippen LogP contribution in [-0.2, 0) is 32.7 Å². The van der Waals surface area contributed by atoms with E-state index in [4.69, 9.17) is 18.5 Å². The molecule has 0 bridgehead atoms. The van der Waals surface area contributed by atoms with Gasteiger partial charge in [0.1, 0.15) is 19.8 Å². The van der Waals surface area contributed by atoms with Crippen LogP contribution in [0.25, 0.3) is 0 Å². The van der Waals surface area contributed by atoms with E-state index in [1.807, 2.05) is 21.1 Å². The number of phosphoric ester groups is 1. The van der Waals surface area contributed by atoms with E-state index in [1.165, 1.54) is 212 Å². The lowest BCUT2D eigenvalue weighted by atomic mass is 10.0. The standard InChI is InChI=1S/C55H108NO8P/c1-6-8-10-12-14-16-18-20-22-24-26-28-30-31-33-35-37-39-41-43-45-47-54(57)61-51-53(52-63-65(59,60)62-50-49-56(3,4)5)64-55(58)48-46-44-42-40-38-36-34-32-29-27-25-23-21-19-17-15-13-11-9-7-2/h20,22,53H,6-19,21,23-52H2,1-5H3/b22-20+/t53-/m1/s1. The number of hydrogen-bond donors (Lipinski definition) is 0. The van der Waals surface area contributed by atoms with Gasteiger partial charge < -0.3 is 27.9 Å². The number of rotatable bonds is 52. The van der Waals surface area contributed by atoms with Gasteiger partial charge in [-0.3, -0.25) is 14.2 Å². The van der Waals surface area contributed by atoms with Gasteiger partial charge in [-0.25, -0.2) is 0 Å². The molecule has 65 heavy (non-hydrogen) atoms. The van der Waals surface area contributed by atoms with Gasteiger partial charge in [0.2, 0.25) is 0 Å². The van der Waals surface area contributed by atoms with Crippen LogP contribution in [0.15, 0.2) is 12.2 Å². The van der Waals surface area contributed by atoms with Crippen molar-refractivity contribution in [2.24, 2.45) is 0 Å². The number of quaternary nitrogens is 1. The second-order valence-electron chi connectivity index (χ2n) is 20.3. The van der Waals surface area contributed by atoms with Gasteiger partial charge >= 0.3 is 11.9 Å². The average Bonchev–Trinajstić information content (AvgIpc) is 3.26. The normalized spacial score (nSPS) is 13.4. The van der Waals surface area contributed by atoms with Crippen molar-refractivity contribution in [1.82, 2.24) is 0 Å². The summed E-state index contributed by atoms with van der Waals surface area (Å²) in [6, 6.07) is 0. The van der Waals surface area contributed by atoms with Gasteiger partial charge in [-0.1, -0.05) is 238 Å². The molecule has 0 aliphatic heterocycles. The maximum absolute atomic E-state index is 12.8. The van der Waals surface area contributed by atoms with Crippen LogP contribution in [0.3, 0.4) is 0 Å². The molecule has 0 aromatic carbocycles. The Hall–Kier alpha value is -1.25. The molecule has 0 aromatic heterocycles. The molecule has 0 aromatic rings. The lowest BCUT2D eigenvalue weighted by Gasteiger charge is -2.28. The molecule has 0 amide bonds. The fourth-order valence-electron chi connectivity index (χ4n) is 8.18. The molecule has 0 fully saturated rings. The minimum atomic E-state index is -4.63. The van der Waals surface area contributed by atoms with Crippen LogP contribution in [0.4, 0.5) is 0 Å². The first-order valence-corrected chi connectivity index (χ1v) is 29.4. The summed E-state index contributed by atoms with van der Waals surface area (Å²) in [5.41, 5.74) is 0. The highest BCUT2D eigenvalue weighted by atomic mass is 31.2. The van der Waals surface area contributed by atoms with Crippen LogP contribution in [0.5, 0.6) is 0 Å². The number of carbonyl (C=O) groups excluding carboxylic acids is 2. The maximum atomic E-state index is 12.8. The Kier molecular flexibility index (Phi) is 46.9. The maximum Gasteiger partial charge on any atom is 0.306 e. The van der Waals surface area contributed by atoms with E-state index in [0.717, 1.165) is 32.1 Å². The Bertz CT molecular complexity index is 1110. The average molecular weight is 942 g/mol. The van der Waals surface area contributed by atoms with E-state index in [9.17, 15) is 19.0 Å². The molecular weight excluding hydrogens is 834 g/mol. The zero-order valence-electron chi connectivity index (χ0n) is 43.7. The fourth-order valence-corrected chi connectivity index (χ4v) is 8.91. The summed E-state index contributed by atoms with van der Waals surface area (Å²) in [7, 11) is 1.18. The van der Waals surface area contributed by atoms with Gasteiger partial charge in [-0.05, 0) is 38.5 Å². The second kappa shape index (κ2) is 47.8. The van der Waals surface area contributed by atoms with E-state index in [0.29, 0.717) is 17.4 Å². The quantitative estimate of drug-likeness (QED) is 0.0195. The van der Waals surface area contributed by atoms with Crippen LogP contribution in [0.2, 0.25) is 0 Å². The van der Waals surface area contributed by atoms with Gasteiger partial charge in [-0.15, -0.1) is 0 Å². The molecule has 0 heterocycles. The van der Waals surface area contributed by atoms with E-state index < -0.39 is 26.5 Å². The lowest BCUT2D eigenvalue weighted by Crippen LogP contribution is -2.37. The first-order valence-electron chi connectivity index (χ1n) is 27.9. The molecule has 0 saturated heterocycles. The first kappa shape index (κ1) is 63.8. The summed E-state index contributed by atoms with van der Waals surface area (Å²) in [6.45, 7) is 4.29. The highest BCUT2D eigenvalue weighted by Crippen LogP contribution is 2.38. The third-order valence-electron chi connectivity index (χ3n) is 12.5. The lowest BCUT2D eigenvalue weighted by molar-refractivity contribution is -0.870. The molecule has 386 valence electrons. The Labute approximate surface area is 403 Å². The van der Waals surface area contributed by atoms with E-state index >= 15 is 0 Å². The van der Waals surface area contributed by atoms with Crippen molar-refractivity contribution in [2.75, 3.05) is 47.5 Å². The molecule has 0 aliphatic rings. The summed E-state index contributed by atoms with van der Waals surface area (Å²) >= 11 is 0. The monoisotopic (exact) mass is 942 g/mol. The number of phosphoric acid groups is 1. The van der Waals surface area contributed by atoms with Gasteiger partial charge in [-0.2, -0.15) is 0 Å². The highest BCUT2D eigenvalue weighted by molar-refractivity contribution is 7.45. The zero-order valence-corrected chi connectivity index (χ0v) is 44.6. The molecule has 9 nitrogen and oxygen atoms in total. The predicted octanol–water partition coefficient (Wildman–Crippen LogP) is 16.2. The number of esters is 2. The van der Waals surface area contributed by atoms with Crippen LogP contribution in [0.1, 0.15) is 277 Å². The predicted molar refractivity (Wildman–Crippen MR) is 273 cm³/mol. The molecule has 0 spiro atoms. The minimum absolute atomic E-state index is 0.0269. The third-order valence-corrected chi connectivity index (χ3v) is 13.5. The molecule has 0 saturated carbocycles. The van der Waals surface area contributed by atoms with Gasteiger partial charge in [0.05, 0.1) is 27.7 Å². The van der Waals surface area contributed by atoms with Crippen LogP contribution in [-0.4, -0.2) is 70.0 Å². The van der Waals surface area contributed by atoms with E-state index in [2.05, 4.69) is 26.0 Å². The fraction of sp³-hybridized carbons (Fsp3) is 0.927. The van der Waals surface area contributed by atoms with Gasteiger partial charge in [0.15, 0.2) is 6.10 Å².